The molecule has 1 aromatic carbocycles. The van der Waals surface area contributed by atoms with Crippen molar-refractivity contribution in [3.8, 4) is 0 Å². The van der Waals surface area contributed by atoms with Gasteiger partial charge >= 0.3 is 0 Å². The maximum atomic E-state index is 12.2. The van der Waals surface area contributed by atoms with Crippen LogP contribution in [0.5, 0.6) is 0 Å². The van der Waals surface area contributed by atoms with Crippen LogP contribution in [0.3, 0.4) is 0 Å². The molecule has 0 aliphatic rings. The molecule has 0 fully saturated rings. The molecule has 1 aromatic rings. The van der Waals surface area contributed by atoms with Gasteiger partial charge in [-0.1, -0.05) is 31.2 Å². The lowest BCUT2D eigenvalue weighted by Crippen LogP contribution is -2.33. The van der Waals surface area contributed by atoms with Crippen LogP contribution in [0.4, 0.5) is 0 Å². The van der Waals surface area contributed by atoms with Crippen LogP contribution in [-0.2, 0) is 11.2 Å². The van der Waals surface area contributed by atoms with E-state index >= 15 is 0 Å². The standard InChI is InChI=1S/C14H20ClNO/c1-4-11-9-7-8-10-12(11)13(15)14(17)16(5-2)6-3/h7-10,13H,4-6H2,1-3H3. The van der Waals surface area contributed by atoms with Crippen molar-refractivity contribution in [1.29, 1.82) is 0 Å². The van der Waals surface area contributed by atoms with Crippen LogP contribution in [0, 0.1) is 0 Å². The summed E-state index contributed by atoms with van der Waals surface area (Å²) in [5.74, 6) is -0.00225. The molecule has 94 valence electrons. The van der Waals surface area contributed by atoms with Crippen LogP contribution in [0.1, 0.15) is 37.3 Å². The van der Waals surface area contributed by atoms with Gasteiger partial charge in [0.05, 0.1) is 0 Å². The zero-order valence-corrected chi connectivity index (χ0v) is 11.5. The maximum absolute atomic E-state index is 12.2. The SMILES string of the molecule is CCc1ccccc1C(Cl)C(=O)N(CC)CC. The molecule has 0 aliphatic carbocycles. The maximum Gasteiger partial charge on any atom is 0.245 e. The van der Waals surface area contributed by atoms with Crippen molar-refractivity contribution in [3.05, 3.63) is 35.4 Å². The van der Waals surface area contributed by atoms with Crippen LogP contribution in [-0.4, -0.2) is 23.9 Å². The van der Waals surface area contributed by atoms with Gasteiger partial charge in [-0.3, -0.25) is 4.79 Å². The Labute approximate surface area is 109 Å². The smallest absolute Gasteiger partial charge is 0.245 e. The molecule has 0 aliphatic heterocycles. The fraction of sp³-hybridized carbons (Fsp3) is 0.500. The third-order valence-electron chi connectivity index (χ3n) is 3.00. The molecule has 0 spiro atoms. The summed E-state index contributed by atoms with van der Waals surface area (Å²) < 4.78 is 0. The van der Waals surface area contributed by atoms with E-state index in [2.05, 4.69) is 6.92 Å². The van der Waals surface area contributed by atoms with E-state index in [1.807, 2.05) is 38.1 Å². The molecule has 0 radical (unpaired) electrons. The molecule has 1 atom stereocenters. The average molecular weight is 254 g/mol. The van der Waals surface area contributed by atoms with Gasteiger partial charge in [-0.2, -0.15) is 0 Å². The largest absolute Gasteiger partial charge is 0.342 e. The fourth-order valence-electron chi connectivity index (χ4n) is 1.93. The van der Waals surface area contributed by atoms with E-state index in [0.717, 1.165) is 17.5 Å². The number of hydrogen-bond acceptors (Lipinski definition) is 1. The average Bonchev–Trinajstić information content (AvgIpc) is 2.39. The monoisotopic (exact) mass is 253 g/mol. The number of carbonyl (C=O) groups is 1. The highest BCUT2D eigenvalue weighted by molar-refractivity contribution is 6.30. The minimum absolute atomic E-state index is 0.00225. The second-order valence-corrected chi connectivity index (χ2v) is 4.36. The fourth-order valence-corrected chi connectivity index (χ4v) is 2.28. The van der Waals surface area contributed by atoms with E-state index in [0.29, 0.717) is 13.1 Å². The van der Waals surface area contributed by atoms with Gasteiger partial charge in [-0.05, 0) is 31.4 Å². The van der Waals surface area contributed by atoms with Crippen LogP contribution in [0.2, 0.25) is 0 Å². The number of carbonyl (C=O) groups excluding carboxylic acids is 1. The lowest BCUT2D eigenvalue weighted by molar-refractivity contribution is -0.130. The minimum Gasteiger partial charge on any atom is -0.342 e. The molecule has 2 nitrogen and oxygen atoms in total. The zero-order valence-electron chi connectivity index (χ0n) is 10.7. The lowest BCUT2D eigenvalue weighted by atomic mass is 10.0. The predicted octanol–water partition coefficient (Wildman–Crippen LogP) is 3.40. The number of benzene rings is 1. The van der Waals surface area contributed by atoms with Gasteiger partial charge < -0.3 is 4.90 Å². The molecule has 1 amide bonds. The lowest BCUT2D eigenvalue weighted by Gasteiger charge is -2.23. The molecular weight excluding hydrogens is 234 g/mol. The van der Waals surface area contributed by atoms with Crippen molar-refractivity contribution in [2.24, 2.45) is 0 Å². The number of rotatable bonds is 5. The van der Waals surface area contributed by atoms with Crippen molar-refractivity contribution < 1.29 is 4.79 Å². The summed E-state index contributed by atoms with van der Waals surface area (Å²) in [7, 11) is 0. The zero-order chi connectivity index (χ0) is 12.8. The highest BCUT2D eigenvalue weighted by Gasteiger charge is 2.23. The number of nitrogens with zero attached hydrogens (tertiary/aromatic N) is 1. The van der Waals surface area contributed by atoms with E-state index in [4.69, 9.17) is 11.6 Å². The van der Waals surface area contributed by atoms with Crippen LogP contribution < -0.4 is 0 Å². The second kappa shape index (κ2) is 6.65. The third kappa shape index (κ3) is 3.22. The van der Waals surface area contributed by atoms with Crippen molar-refractivity contribution in [1.82, 2.24) is 4.90 Å². The van der Waals surface area contributed by atoms with Gasteiger partial charge in [-0.25, -0.2) is 0 Å². The highest BCUT2D eigenvalue weighted by Crippen LogP contribution is 2.26. The Bertz CT molecular complexity index is 374. The summed E-state index contributed by atoms with van der Waals surface area (Å²) in [6.07, 6.45) is 0.894. The van der Waals surface area contributed by atoms with Crippen molar-refractivity contribution in [2.45, 2.75) is 32.6 Å². The van der Waals surface area contributed by atoms with Crippen molar-refractivity contribution in [2.75, 3.05) is 13.1 Å². The summed E-state index contributed by atoms with van der Waals surface area (Å²) in [4.78, 5) is 13.9. The minimum atomic E-state index is -0.564. The molecule has 0 N–H and O–H groups in total. The van der Waals surface area contributed by atoms with E-state index in [-0.39, 0.29) is 5.91 Å². The van der Waals surface area contributed by atoms with E-state index in [1.165, 1.54) is 0 Å². The van der Waals surface area contributed by atoms with Crippen LogP contribution >= 0.6 is 11.6 Å². The first kappa shape index (κ1) is 14.0. The molecule has 0 saturated carbocycles. The van der Waals surface area contributed by atoms with Gasteiger partial charge in [0.15, 0.2) is 0 Å². The Balaban J connectivity index is 2.95. The molecule has 0 saturated heterocycles. The number of amides is 1. The van der Waals surface area contributed by atoms with Crippen molar-refractivity contribution >= 4 is 17.5 Å². The Morgan fingerprint density at radius 2 is 1.82 bits per heavy atom. The van der Waals surface area contributed by atoms with Gasteiger partial charge in [0.25, 0.3) is 0 Å². The molecule has 0 aromatic heterocycles. The molecular formula is C14H20ClNO. The van der Waals surface area contributed by atoms with Gasteiger partial charge in [0, 0.05) is 13.1 Å². The molecule has 0 bridgehead atoms. The molecule has 3 heteroatoms. The summed E-state index contributed by atoms with van der Waals surface area (Å²) in [5, 5.41) is -0.564. The van der Waals surface area contributed by atoms with Crippen LogP contribution in [0.25, 0.3) is 0 Å². The van der Waals surface area contributed by atoms with E-state index in [9.17, 15) is 4.79 Å². The number of likely N-dealkylation sites (N-methyl/N-ethyl adjacent to an activating group) is 1. The van der Waals surface area contributed by atoms with Gasteiger partial charge in [0.2, 0.25) is 5.91 Å². The van der Waals surface area contributed by atoms with Gasteiger partial charge in [-0.15, -0.1) is 11.6 Å². The number of aryl methyl sites for hydroxylation is 1. The molecule has 0 heterocycles. The molecule has 17 heavy (non-hydrogen) atoms. The van der Waals surface area contributed by atoms with Crippen LogP contribution in [0.15, 0.2) is 24.3 Å². The number of halogens is 1. The number of alkyl halides is 1. The quantitative estimate of drug-likeness (QED) is 0.737. The first-order chi connectivity index (χ1) is 8.15. The van der Waals surface area contributed by atoms with E-state index in [1.54, 1.807) is 4.90 Å². The first-order valence-corrected chi connectivity index (χ1v) is 6.59. The summed E-state index contributed by atoms with van der Waals surface area (Å²) in [5.41, 5.74) is 2.08. The van der Waals surface area contributed by atoms with Gasteiger partial charge in [0.1, 0.15) is 5.38 Å². The number of hydrogen-bond donors (Lipinski definition) is 0. The topological polar surface area (TPSA) is 20.3 Å². The Morgan fingerprint density at radius 3 is 2.35 bits per heavy atom. The molecule has 1 unspecified atom stereocenters. The predicted molar refractivity (Wildman–Crippen MR) is 72.3 cm³/mol. The Morgan fingerprint density at radius 1 is 1.24 bits per heavy atom. The summed E-state index contributed by atoms with van der Waals surface area (Å²) in [6, 6.07) is 7.88. The first-order valence-electron chi connectivity index (χ1n) is 6.16. The van der Waals surface area contributed by atoms with Crippen molar-refractivity contribution in [3.63, 3.8) is 0 Å². The van der Waals surface area contributed by atoms with E-state index < -0.39 is 5.38 Å². The highest BCUT2D eigenvalue weighted by atomic mass is 35.5. The third-order valence-corrected chi connectivity index (χ3v) is 3.42. The Kier molecular flexibility index (Phi) is 5.49. The molecule has 1 rings (SSSR count). The Hall–Kier alpha value is -1.02. The second-order valence-electron chi connectivity index (χ2n) is 3.93. The summed E-state index contributed by atoms with van der Waals surface area (Å²) in [6.45, 7) is 7.41. The normalized spacial score (nSPS) is 12.2. The summed E-state index contributed by atoms with van der Waals surface area (Å²) >= 11 is 6.30.